The van der Waals surface area contributed by atoms with Crippen molar-refractivity contribution in [2.24, 2.45) is 0 Å². The summed E-state index contributed by atoms with van der Waals surface area (Å²) >= 11 is 0. The molecule has 2 N–H and O–H groups in total. The summed E-state index contributed by atoms with van der Waals surface area (Å²) in [4.78, 5) is 0. The third-order valence-corrected chi connectivity index (χ3v) is 3.19. The van der Waals surface area contributed by atoms with Crippen molar-refractivity contribution in [3.8, 4) is 0 Å². The Morgan fingerprint density at radius 3 is 2.80 bits per heavy atom. The van der Waals surface area contributed by atoms with Gasteiger partial charge in [-0.05, 0) is 12.8 Å². The first kappa shape index (κ1) is 11.3. The maximum absolute atomic E-state index is 8.65. The van der Waals surface area contributed by atoms with Crippen molar-refractivity contribution in [1.29, 1.82) is 0 Å². The zero-order valence-corrected chi connectivity index (χ0v) is 9.21. The van der Waals surface area contributed by atoms with E-state index in [0.717, 1.165) is 19.4 Å². The highest BCUT2D eigenvalue weighted by Crippen LogP contribution is 2.37. The van der Waals surface area contributed by atoms with E-state index in [4.69, 9.17) is 14.6 Å². The van der Waals surface area contributed by atoms with E-state index in [1.54, 1.807) is 0 Å². The van der Waals surface area contributed by atoms with Gasteiger partial charge in [0.15, 0.2) is 5.79 Å². The highest BCUT2D eigenvalue weighted by atomic mass is 16.7. The molecule has 4 heteroatoms. The Labute approximate surface area is 90.9 Å². The summed E-state index contributed by atoms with van der Waals surface area (Å²) in [6.45, 7) is 2.28. The Balaban J connectivity index is 1.73. The maximum Gasteiger partial charge on any atom is 0.168 e. The van der Waals surface area contributed by atoms with Gasteiger partial charge in [0.2, 0.25) is 0 Å². The summed E-state index contributed by atoms with van der Waals surface area (Å²) in [7, 11) is 0. The van der Waals surface area contributed by atoms with Crippen LogP contribution in [-0.2, 0) is 9.47 Å². The summed E-state index contributed by atoms with van der Waals surface area (Å²) < 4.78 is 11.8. The Kier molecular flexibility index (Phi) is 3.97. The van der Waals surface area contributed by atoms with Crippen LogP contribution in [0.4, 0.5) is 0 Å². The first-order valence-corrected chi connectivity index (χ1v) is 5.98. The number of ether oxygens (including phenoxy) is 2. The minimum Gasteiger partial charge on any atom is -0.395 e. The lowest BCUT2D eigenvalue weighted by atomic mass is 9.94. The van der Waals surface area contributed by atoms with E-state index in [1.807, 2.05) is 0 Å². The summed E-state index contributed by atoms with van der Waals surface area (Å²) in [5, 5.41) is 11.8. The third-order valence-electron chi connectivity index (χ3n) is 3.19. The second-order valence-corrected chi connectivity index (χ2v) is 4.45. The standard InChI is InChI=1S/C11H21NO3/c13-7-6-12-8-10-9-14-11(15-10)4-2-1-3-5-11/h10,12-13H,1-9H2/t10-/m0/s1. The van der Waals surface area contributed by atoms with Gasteiger partial charge in [0.1, 0.15) is 0 Å². The van der Waals surface area contributed by atoms with Crippen LogP contribution >= 0.6 is 0 Å². The molecule has 2 fully saturated rings. The summed E-state index contributed by atoms with van der Waals surface area (Å²) in [6, 6.07) is 0. The molecule has 1 atom stereocenters. The molecule has 0 amide bonds. The molecule has 1 heterocycles. The number of aliphatic hydroxyl groups excluding tert-OH is 1. The average Bonchev–Trinajstić information content (AvgIpc) is 2.63. The molecular formula is C11H21NO3. The molecule has 1 saturated carbocycles. The minimum atomic E-state index is -0.260. The minimum absolute atomic E-state index is 0.162. The molecule has 2 rings (SSSR count). The summed E-state index contributed by atoms with van der Waals surface area (Å²) in [6.07, 6.45) is 6.00. The average molecular weight is 215 g/mol. The van der Waals surface area contributed by atoms with E-state index in [0.29, 0.717) is 13.2 Å². The predicted molar refractivity (Wildman–Crippen MR) is 56.6 cm³/mol. The molecule has 1 saturated heterocycles. The van der Waals surface area contributed by atoms with E-state index in [-0.39, 0.29) is 18.5 Å². The van der Waals surface area contributed by atoms with Gasteiger partial charge in [-0.3, -0.25) is 0 Å². The van der Waals surface area contributed by atoms with Crippen LogP contribution in [0.2, 0.25) is 0 Å². The van der Waals surface area contributed by atoms with Crippen molar-refractivity contribution in [3.63, 3.8) is 0 Å². The molecule has 0 radical (unpaired) electrons. The quantitative estimate of drug-likeness (QED) is 0.676. The number of hydrogen-bond donors (Lipinski definition) is 2. The molecule has 88 valence electrons. The fourth-order valence-electron chi connectivity index (χ4n) is 2.41. The molecule has 1 aliphatic carbocycles. The molecular weight excluding hydrogens is 194 g/mol. The topological polar surface area (TPSA) is 50.7 Å². The van der Waals surface area contributed by atoms with Gasteiger partial charge in [0, 0.05) is 25.9 Å². The van der Waals surface area contributed by atoms with Gasteiger partial charge in [0.25, 0.3) is 0 Å². The van der Waals surface area contributed by atoms with Gasteiger partial charge in [-0.2, -0.15) is 0 Å². The molecule has 0 aromatic heterocycles. The van der Waals surface area contributed by atoms with Gasteiger partial charge in [-0.25, -0.2) is 0 Å². The fourth-order valence-corrected chi connectivity index (χ4v) is 2.41. The first-order valence-electron chi connectivity index (χ1n) is 5.98. The fraction of sp³-hybridized carbons (Fsp3) is 1.00. The third kappa shape index (κ3) is 2.91. The van der Waals surface area contributed by atoms with Crippen molar-refractivity contribution in [2.75, 3.05) is 26.3 Å². The molecule has 0 aromatic rings. The van der Waals surface area contributed by atoms with Crippen LogP contribution in [0.1, 0.15) is 32.1 Å². The maximum atomic E-state index is 8.65. The highest BCUT2D eigenvalue weighted by Gasteiger charge is 2.41. The van der Waals surface area contributed by atoms with Gasteiger partial charge in [-0.1, -0.05) is 6.42 Å². The molecule has 2 aliphatic rings. The van der Waals surface area contributed by atoms with Crippen LogP contribution in [0.5, 0.6) is 0 Å². The lowest BCUT2D eigenvalue weighted by Gasteiger charge is -2.31. The van der Waals surface area contributed by atoms with Crippen LogP contribution in [-0.4, -0.2) is 43.3 Å². The zero-order chi connectivity index (χ0) is 10.6. The van der Waals surface area contributed by atoms with E-state index in [1.165, 1.54) is 19.3 Å². The lowest BCUT2D eigenvalue weighted by Crippen LogP contribution is -2.36. The molecule has 4 nitrogen and oxygen atoms in total. The monoisotopic (exact) mass is 215 g/mol. The molecule has 0 bridgehead atoms. The van der Waals surface area contributed by atoms with Gasteiger partial charge in [-0.15, -0.1) is 0 Å². The number of rotatable bonds is 4. The Morgan fingerprint density at radius 2 is 2.07 bits per heavy atom. The van der Waals surface area contributed by atoms with Crippen molar-refractivity contribution in [2.45, 2.75) is 44.0 Å². The number of hydrogen-bond acceptors (Lipinski definition) is 4. The molecule has 1 aliphatic heterocycles. The number of aliphatic hydroxyl groups is 1. The first-order chi connectivity index (χ1) is 7.35. The van der Waals surface area contributed by atoms with Crippen LogP contribution in [0, 0.1) is 0 Å². The van der Waals surface area contributed by atoms with Crippen molar-refractivity contribution in [3.05, 3.63) is 0 Å². The van der Waals surface area contributed by atoms with Crippen molar-refractivity contribution < 1.29 is 14.6 Å². The van der Waals surface area contributed by atoms with Crippen LogP contribution in [0.15, 0.2) is 0 Å². The second kappa shape index (κ2) is 5.25. The normalized spacial score (nSPS) is 29.8. The van der Waals surface area contributed by atoms with E-state index in [9.17, 15) is 0 Å². The SMILES string of the molecule is OCCNC[C@H]1COC2(CCCCC2)O1. The molecule has 0 unspecified atom stereocenters. The number of nitrogens with one attached hydrogen (secondary N) is 1. The zero-order valence-electron chi connectivity index (χ0n) is 9.21. The molecule has 1 spiro atoms. The Hall–Kier alpha value is -0.160. The molecule has 0 aromatic carbocycles. The van der Waals surface area contributed by atoms with Crippen molar-refractivity contribution in [1.82, 2.24) is 5.32 Å². The molecule has 15 heavy (non-hydrogen) atoms. The van der Waals surface area contributed by atoms with Crippen LogP contribution in [0.3, 0.4) is 0 Å². The van der Waals surface area contributed by atoms with E-state index < -0.39 is 0 Å². The predicted octanol–water partition coefficient (Wildman–Crippen LogP) is 0.644. The Morgan fingerprint density at radius 1 is 1.27 bits per heavy atom. The van der Waals surface area contributed by atoms with Crippen LogP contribution < -0.4 is 5.32 Å². The van der Waals surface area contributed by atoms with E-state index >= 15 is 0 Å². The summed E-state index contributed by atoms with van der Waals surface area (Å²) in [5.74, 6) is -0.260. The van der Waals surface area contributed by atoms with E-state index in [2.05, 4.69) is 5.32 Å². The second-order valence-electron chi connectivity index (χ2n) is 4.45. The van der Waals surface area contributed by atoms with Crippen LogP contribution in [0.25, 0.3) is 0 Å². The van der Waals surface area contributed by atoms with Gasteiger partial charge >= 0.3 is 0 Å². The smallest absolute Gasteiger partial charge is 0.168 e. The lowest BCUT2D eigenvalue weighted by molar-refractivity contribution is -0.186. The Bertz CT molecular complexity index is 190. The van der Waals surface area contributed by atoms with Crippen molar-refractivity contribution >= 4 is 0 Å². The largest absolute Gasteiger partial charge is 0.395 e. The van der Waals surface area contributed by atoms with Gasteiger partial charge in [0.05, 0.1) is 19.3 Å². The summed E-state index contributed by atoms with van der Waals surface area (Å²) in [5.41, 5.74) is 0. The highest BCUT2D eigenvalue weighted by molar-refractivity contribution is 4.83. The van der Waals surface area contributed by atoms with Gasteiger partial charge < -0.3 is 19.9 Å².